The third kappa shape index (κ3) is 5.17. The molecule has 8 heteroatoms. The average Bonchev–Trinajstić information content (AvgIpc) is 3.23. The van der Waals surface area contributed by atoms with Gasteiger partial charge in [-0.25, -0.2) is 9.78 Å². The molecule has 0 radical (unpaired) electrons. The summed E-state index contributed by atoms with van der Waals surface area (Å²) in [6.07, 6.45) is 1.46. The lowest BCUT2D eigenvalue weighted by Crippen LogP contribution is -2.20. The van der Waals surface area contributed by atoms with E-state index in [-0.39, 0.29) is 36.9 Å². The number of anilines is 1. The number of fused-ring (bicyclic) bond motifs is 1. The molecule has 33 heavy (non-hydrogen) atoms. The lowest BCUT2D eigenvalue weighted by Gasteiger charge is -2.12. The Bertz CT molecular complexity index is 1280. The first-order valence-corrected chi connectivity index (χ1v) is 10.7. The van der Waals surface area contributed by atoms with Gasteiger partial charge in [0.25, 0.3) is 0 Å². The fourth-order valence-corrected chi connectivity index (χ4v) is 3.26. The van der Waals surface area contributed by atoms with Crippen molar-refractivity contribution in [1.29, 1.82) is 0 Å². The van der Waals surface area contributed by atoms with E-state index in [2.05, 4.69) is 15.4 Å². The van der Waals surface area contributed by atoms with Crippen LogP contribution in [0.4, 0.5) is 5.82 Å². The lowest BCUT2D eigenvalue weighted by atomic mass is 10.2. The predicted octanol–water partition coefficient (Wildman–Crippen LogP) is 4.31. The minimum absolute atomic E-state index is 0.0898. The maximum absolute atomic E-state index is 12.7. The van der Waals surface area contributed by atoms with Gasteiger partial charge < -0.3 is 14.8 Å². The minimum atomic E-state index is -0.573. The van der Waals surface area contributed by atoms with Crippen molar-refractivity contribution >= 4 is 28.6 Å². The monoisotopic (exact) mass is 444 g/mol. The first kappa shape index (κ1) is 22.0. The summed E-state index contributed by atoms with van der Waals surface area (Å²) < 4.78 is 12.2. The number of rotatable bonds is 8. The van der Waals surface area contributed by atoms with Crippen LogP contribution in [0.2, 0.25) is 0 Å². The SMILES string of the molecule is CCOC(=O)c1cnn(-c2ccc3ccccc3n2)c1NC(=O)CCOc1ccc(C)cc1. The smallest absolute Gasteiger partial charge is 0.343 e. The molecule has 0 aliphatic heterocycles. The number of esters is 1. The fourth-order valence-electron chi connectivity index (χ4n) is 3.26. The largest absolute Gasteiger partial charge is 0.493 e. The Kier molecular flexibility index (Phi) is 6.64. The Hall–Kier alpha value is -4.20. The van der Waals surface area contributed by atoms with E-state index in [0.717, 1.165) is 16.5 Å². The number of aromatic nitrogens is 3. The van der Waals surface area contributed by atoms with Gasteiger partial charge in [0.2, 0.25) is 5.91 Å². The number of nitrogens with one attached hydrogen (secondary N) is 1. The van der Waals surface area contributed by atoms with E-state index in [1.165, 1.54) is 10.9 Å². The zero-order valence-electron chi connectivity index (χ0n) is 18.4. The van der Waals surface area contributed by atoms with Crippen LogP contribution in [0.25, 0.3) is 16.7 Å². The first-order chi connectivity index (χ1) is 16.0. The quantitative estimate of drug-likeness (QED) is 0.407. The number of pyridine rings is 1. The Balaban J connectivity index is 1.55. The minimum Gasteiger partial charge on any atom is -0.493 e. The van der Waals surface area contributed by atoms with Crippen LogP contribution in [0.3, 0.4) is 0 Å². The lowest BCUT2D eigenvalue weighted by molar-refractivity contribution is -0.116. The number of ether oxygens (including phenoxy) is 2. The van der Waals surface area contributed by atoms with Crippen molar-refractivity contribution in [2.75, 3.05) is 18.5 Å². The number of hydrogen-bond donors (Lipinski definition) is 1. The van der Waals surface area contributed by atoms with Crippen molar-refractivity contribution in [1.82, 2.24) is 14.8 Å². The van der Waals surface area contributed by atoms with Crippen LogP contribution in [-0.4, -0.2) is 39.9 Å². The van der Waals surface area contributed by atoms with Crippen LogP contribution in [0.5, 0.6) is 5.75 Å². The van der Waals surface area contributed by atoms with E-state index >= 15 is 0 Å². The third-order valence-electron chi connectivity index (χ3n) is 4.94. The molecule has 2 aromatic carbocycles. The molecule has 0 atom stereocenters. The number of para-hydroxylation sites is 1. The number of carbonyl (C=O) groups excluding carboxylic acids is 2. The maximum Gasteiger partial charge on any atom is 0.343 e. The van der Waals surface area contributed by atoms with Crippen LogP contribution in [0.15, 0.2) is 66.9 Å². The molecule has 2 aromatic heterocycles. The molecule has 1 amide bonds. The highest BCUT2D eigenvalue weighted by Crippen LogP contribution is 2.22. The molecule has 0 saturated carbocycles. The van der Waals surface area contributed by atoms with Crippen molar-refractivity contribution in [2.24, 2.45) is 0 Å². The molecular weight excluding hydrogens is 420 g/mol. The normalized spacial score (nSPS) is 10.7. The van der Waals surface area contributed by atoms with Crippen LogP contribution in [0.1, 0.15) is 29.3 Å². The molecule has 0 spiro atoms. The first-order valence-electron chi connectivity index (χ1n) is 10.7. The van der Waals surface area contributed by atoms with Crippen molar-refractivity contribution in [3.05, 3.63) is 78.0 Å². The van der Waals surface area contributed by atoms with Crippen molar-refractivity contribution in [3.63, 3.8) is 0 Å². The molecule has 0 fully saturated rings. The van der Waals surface area contributed by atoms with Crippen molar-refractivity contribution < 1.29 is 19.1 Å². The molecule has 0 unspecified atom stereocenters. The maximum atomic E-state index is 12.7. The van der Waals surface area contributed by atoms with E-state index in [1.54, 1.807) is 13.0 Å². The second kappa shape index (κ2) is 9.95. The summed E-state index contributed by atoms with van der Waals surface area (Å²) in [5, 5.41) is 8.04. The Labute approximate surface area is 191 Å². The Morgan fingerprint density at radius 1 is 1.03 bits per heavy atom. The summed E-state index contributed by atoms with van der Waals surface area (Å²) in [6.45, 7) is 4.10. The molecule has 0 bridgehead atoms. The molecule has 2 heterocycles. The van der Waals surface area contributed by atoms with E-state index in [1.807, 2.05) is 61.5 Å². The highest BCUT2D eigenvalue weighted by Gasteiger charge is 2.22. The van der Waals surface area contributed by atoms with Gasteiger partial charge in [0.1, 0.15) is 11.3 Å². The Morgan fingerprint density at radius 3 is 2.61 bits per heavy atom. The molecule has 4 rings (SSSR count). The molecule has 4 aromatic rings. The van der Waals surface area contributed by atoms with Gasteiger partial charge in [-0.3, -0.25) is 4.79 Å². The predicted molar refractivity (Wildman–Crippen MR) is 125 cm³/mol. The number of hydrogen-bond acceptors (Lipinski definition) is 6. The molecule has 1 N–H and O–H groups in total. The zero-order valence-corrected chi connectivity index (χ0v) is 18.4. The summed E-state index contributed by atoms with van der Waals surface area (Å²) in [7, 11) is 0. The van der Waals surface area contributed by atoms with Crippen LogP contribution in [0, 0.1) is 6.92 Å². The number of nitrogens with zero attached hydrogens (tertiary/aromatic N) is 3. The standard InChI is InChI=1S/C25H24N4O4/c1-3-32-25(31)20-16-26-29(22-13-10-18-6-4-5-7-21(18)27-22)24(20)28-23(30)14-15-33-19-11-8-17(2)9-12-19/h4-13,16H,3,14-15H2,1-2H3,(H,28,30). The molecular formula is C25H24N4O4. The second-order valence-electron chi connectivity index (χ2n) is 7.36. The molecule has 0 aliphatic rings. The fraction of sp³-hybridized carbons (Fsp3) is 0.200. The van der Waals surface area contributed by atoms with Gasteiger partial charge in [-0.1, -0.05) is 35.9 Å². The van der Waals surface area contributed by atoms with Gasteiger partial charge >= 0.3 is 5.97 Å². The van der Waals surface area contributed by atoms with Crippen LogP contribution >= 0.6 is 0 Å². The second-order valence-corrected chi connectivity index (χ2v) is 7.36. The van der Waals surface area contributed by atoms with Gasteiger partial charge in [0, 0.05) is 5.39 Å². The topological polar surface area (TPSA) is 95.3 Å². The number of aryl methyl sites for hydroxylation is 1. The van der Waals surface area contributed by atoms with Gasteiger partial charge in [-0.2, -0.15) is 9.78 Å². The van der Waals surface area contributed by atoms with Gasteiger partial charge in [0.15, 0.2) is 11.6 Å². The summed E-state index contributed by atoms with van der Waals surface area (Å²) in [4.78, 5) is 29.8. The van der Waals surface area contributed by atoms with Crippen LogP contribution in [-0.2, 0) is 9.53 Å². The van der Waals surface area contributed by atoms with Gasteiger partial charge in [0.05, 0.1) is 31.3 Å². The molecule has 168 valence electrons. The van der Waals surface area contributed by atoms with E-state index in [9.17, 15) is 9.59 Å². The molecule has 0 saturated heterocycles. The average molecular weight is 444 g/mol. The zero-order chi connectivity index (χ0) is 23.2. The van der Waals surface area contributed by atoms with E-state index in [4.69, 9.17) is 9.47 Å². The van der Waals surface area contributed by atoms with Gasteiger partial charge in [-0.15, -0.1) is 0 Å². The highest BCUT2D eigenvalue weighted by molar-refractivity contribution is 6.00. The molecule has 0 aliphatic carbocycles. The van der Waals surface area contributed by atoms with Crippen LogP contribution < -0.4 is 10.1 Å². The van der Waals surface area contributed by atoms with E-state index in [0.29, 0.717) is 11.6 Å². The molecule has 8 nitrogen and oxygen atoms in total. The van der Waals surface area contributed by atoms with Gasteiger partial charge in [-0.05, 0) is 44.2 Å². The summed E-state index contributed by atoms with van der Waals surface area (Å²) in [5.74, 6) is 0.462. The number of benzene rings is 2. The number of carbonyl (C=O) groups is 2. The van der Waals surface area contributed by atoms with Crippen molar-refractivity contribution in [3.8, 4) is 11.6 Å². The number of amides is 1. The summed E-state index contributed by atoms with van der Waals surface area (Å²) in [5.41, 5.74) is 2.05. The Morgan fingerprint density at radius 2 is 1.82 bits per heavy atom. The van der Waals surface area contributed by atoms with Crippen molar-refractivity contribution in [2.45, 2.75) is 20.3 Å². The summed E-state index contributed by atoms with van der Waals surface area (Å²) >= 11 is 0. The summed E-state index contributed by atoms with van der Waals surface area (Å²) in [6, 6.07) is 18.9. The van der Waals surface area contributed by atoms with E-state index < -0.39 is 5.97 Å². The highest BCUT2D eigenvalue weighted by atomic mass is 16.5. The third-order valence-corrected chi connectivity index (χ3v) is 4.94.